The molecule has 0 aliphatic heterocycles. The van der Waals surface area contributed by atoms with Crippen molar-refractivity contribution in [3.8, 4) is 0 Å². The number of unbranched alkanes of at least 4 members (excludes halogenated alkanes) is 1. The van der Waals surface area contributed by atoms with E-state index >= 15 is 0 Å². The molecule has 0 unspecified atom stereocenters. The van der Waals surface area contributed by atoms with Gasteiger partial charge in [0, 0.05) is 6.42 Å². The van der Waals surface area contributed by atoms with Gasteiger partial charge < -0.3 is 25.1 Å². The van der Waals surface area contributed by atoms with Crippen LogP contribution in [0.15, 0.2) is 12.2 Å². The van der Waals surface area contributed by atoms with Crippen LogP contribution >= 0.6 is 0 Å². The van der Waals surface area contributed by atoms with E-state index in [9.17, 15) is 19.5 Å². The highest BCUT2D eigenvalue weighted by Gasteiger charge is 2.28. The van der Waals surface area contributed by atoms with E-state index in [1.807, 2.05) is 19.1 Å². The first-order valence-electron chi connectivity index (χ1n) is 8.62. The third-order valence-corrected chi connectivity index (χ3v) is 4.09. The third kappa shape index (κ3) is 12.1. The standard InChI is InChI=1S/C17H30N2O6/c1-2-3-4-5-6-15(21)18-9-12-19(13-14-20,10-7-16(22)23)11-8-17(24)25/h2-3,20H,4-14H2,1H3,(H2-,18,21,22,23,24,25)/p+1/b3-2+. The van der Waals surface area contributed by atoms with Gasteiger partial charge >= 0.3 is 11.9 Å². The zero-order valence-electron chi connectivity index (χ0n) is 14.9. The van der Waals surface area contributed by atoms with E-state index in [1.165, 1.54) is 0 Å². The molecule has 0 fully saturated rings. The summed E-state index contributed by atoms with van der Waals surface area (Å²) in [5.41, 5.74) is 0. The molecule has 0 bridgehead atoms. The average Bonchev–Trinajstić information content (AvgIpc) is 2.55. The maximum Gasteiger partial charge on any atom is 0.309 e. The monoisotopic (exact) mass is 359 g/mol. The van der Waals surface area contributed by atoms with Crippen LogP contribution in [0.5, 0.6) is 0 Å². The van der Waals surface area contributed by atoms with Crippen molar-refractivity contribution in [1.82, 2.24) is 5.32 Å². The Morgan fingerprint density at radius 2 is 1.56 bits per heavy atom. The predicted octanol–water partition coefficient (Wildman–Crippen LogP) is 0.608. The Hall–Kier alpha value is -1.93. The number of hydrogen-bond acceptors (Lipinski definition) is 4. The summed E-state index contributed by atoms with van der Waals surface area (Å²) < 4.78 is 0.161. The highest BCUT2D eigenvalue weighted by molar-refractivity contribution is 5.75. The number of quaternary nitrogens is 1. The van der Waals surface area contributed by atoms with Gasteiger partial charge in [-0.3, -0.25) is 14.4 Å². The van der Waals surface area contributed by atoms with Gasteiger partial charge in [0.15, 0.2) is 0 Å². The van der Waals surface area contributed by atoms with Gasteiger partial charge in [0.2, 0.25) is 5.91 Å². The number of allylic oxidation sites excluding steroid dienone is 2. The highest BCUT2D eigenvalue weighted by atomic mass is 16.4. The van der Waals surface area contributed by atoms with Crippen LogP contribution in [0.3, 0.4) is 0 Å². The number of carboxylic acid groups (broad SMARTS) is 2. The lowest BCUT2D eigenvalue weighted by Crippen LogP contribution is -2.55. The van der Waals surface area contributed by atoms with E-state index in [0.717, 1.165) is 12.8 Å². The molecular formula is C17H31N2O6+. The molecule has 0 saturated carbocycles. The first kappa shape index (κ1) is 23.1. The fourth-order valence-corrected chi connectivity index (χ4v) is 2.62. The Kier molecular flexibility index (Phi) is 12.3. The fraction of sp³-hybridized carbons (Fsp3) is 0.706. The molecule has 0 atom stereocenters. The Morgan fingerprint density at radius 1 is 0.960 bits per heavy atom. The second kappa shape index (κ2) is 13.4. The van der Waals surface area contributed by atoms with Gasteiger partial charge in [0.1, 0.15) is 6.54 Å². The van der Waals surface area contributed by atoms with Crippen LogP contribution in [-0.4, -0.2) is 77.0 Å². The maximum atomic E-state index is 11.8. The average molecular weight is 359 g/mol. The van der Waals surface area contributed by atoms with Crippen molar-refractivity contribution in [1.29, 1.82) is 0 Å². The molecule has 0 heterocycles. The molecule has 144 valence electrons. The van der Waals surface area contributed by atoms with Crippen LogP contribution in [0.1, 0.15) is 39.0 Å². The molecule has 0 aliphatic carbocycles. The van der Waals surface area contributed by atoms with Crippen molar-refractivity contribution in [3.63, 3.8) is 0 Å². The fourth-order valence-electron chi connectivity index (χ4n) is 2.62. The van der Waals surface area contributed by atoms with Crippen LogP contribution in [-0.2, 0) is 14.4 Å². The molecule has 0 spiro atoms. The third-order valence-electron chi connectivity index (χ3n) is 4.09. The molecule has 0 aromatic rings. The van der Waals surface area contributed by atoms with Crippen LogP contribution in [0.2, 0.25) is 0 Å². The van der Waals surface area contributed by atoms with E-state index in [0.29, 0.717) is 19.5 Å². The largest absolute Gasteiger partial charge is 0.481 e. The van der Waals surface area contributed by atoms with Gasteiger partial charge in [-0.05, 0) is 19.8 Å². The zero-order valence-corrected chi connectivity index (χ0v) is 14.9. The van der Waals surface area contributed by atoms with Crippen LogP contribution in [0.25, 0.3) is 0 Å². The molecule has 4 N–H and O–H groups in total. The lowest BCUT2D eigenvalue weighted by atomic mass is 10.2. The highest BCUT2D eigenvalue weighted by Crippen LogP contribution is 2.10. The van der Waals surface area contributed by atoms with Crippen molar-refractivity contribution < 1.29 is 34.2 Å². The topological polar surface area (TPSA) is 124 Å². The Morgan fingerprint density at radius 3 is 2.04 bits per heavy atom. The minimum atomic E-state index is -0.969. The minimum Gasteiger partial charge on any atom is -0.481 e. The van der Waals surface area contributed by atoms with E-state index < -0.39 is 11.9 Å². The number of hydrogen-bond donors (Lipinski definition) is 4. The number of nitrogens with one attached hydrogen (secondary N) is 1. The van der Waals surface area contributed by atoms with E-state index in [1.54, 1.807) is 0 Å². The van der Waals surface area contributed by atoms with Gasteiger partial charge in [-0.15, -0.1) is 0 Å². The SMILES string of the molecule is C/C=C/CCCC(=O)NCC[N+](CCO)(CCC(=O)O)CCC(=O)O. The number of aliphatic hydroxyl groups is 1. The van der Waals surface area contributed by atoms with Crippen LogP contribution < -0.4 is 5.32 Å². The van der Waals surface area contributed by atoms with E-state index in [4.69, 9.17) is 10.2 Å². The summed E-state index contributed by atoms with van der Waals surface area (Å²) in [5, 5.41) is 29.9. The van der Waals surface area contributed by atoms with Crippen molar-refractivity contribution >= 4 is 17.8 Å². The Labute approximate surface area is 148 Å². The van der Waals surface area contributed by atoms with Gasteiger partial charge in [-0.25, -0.2) is 0 Å². The molecule has 0 aromatic heterocycles. The number of aliphatic hydroxyl groups excluding tert-OH is 1. The van der Waals surface area contributed by atoms with Crippen LogP contribution in [0.4, 0.5) is 0 Å². The number of amides is 1. The van der Waals surface area contributed by atoms with Gasteiger partial charge in [0.25, 0.3) is 0 Å². The van der Waals surface area contributed by atoms with Gasteiger partial charge in [0.05, 0.1) is 45.6 Å². The lowest BCUT2D eigenvalue weighted by Gasteiger charge is -2.37. The van der Waals surface area contributed by atoms with E-state index in [-0.39, 0.29) is 49.5 Å². The Balaban J connectivity index is 4.59. The zero-order chi connectivity index (χ0) is 19.1. The second-order valence-corrected chi connectivity index (χ2v) is 6.06. The first-order chi connectivity index (χ1) is 11.8. The molecular weight excluding hydrogens is 328 g/mol. The minimum absolute atomic E-state index is 0.0805. The quantitative estimate of drug-likeness (QED) is 0.193. The molecule has 1 amide bonds. The summed E-state index contributed by atoms with van der Waals surface area (Å²) in [5.74, 6) is -2.02. The summed E-state index contributed by atoms with van der Waals surface area (Å²) >= 11 is 0. The molecule has 0 rings (SSSR count). The normalized spacial score (nSPS) is 11.6. The maximum absolute atomic E-state index is 11.8. The summed E-state index contributed by atoms with van der Waals surface area (Å²) in [6.45, 7) is 3.17. The molecule has 0 saturated heterocycles. The van der Waals surface area contributed by atoms with E-state index in [2.05, 4.69) is 5.32 Å². The molecule has 25 heavy (non-hydrogen) atoms. The first-order valence-corrected chi connectivity index (χ1v) is 8.62. The summed E-state index contributed by atoms with van der Waals surface area (Å²) in [6, 6.07) is 0. The lowest BCUT2D eigenvalue weighted by molar-refractivity contribution is -0.926. The van der Waals surface area contributed by atoms with Crippen molar-refractivity contribution in [3.05, 3.63) is 12.2 Å². The second-order valence-electron chi connectivity index (χ2n) is 6.06. The van der Waals surface area contributed by atoms with Gasteiger partial charge in [-0.2, -0.15) is 0 Å². The number of carboxylic acids is 2. The van der Waals surface area contributed by atoms with Gasteiger partial charge in [-0.1, -0.05) is 12.2 Å². The summed E-state index contributed by atoms with van der Waals surface area (Å²) in [4.78, 5) is 33.6. The molecule has 8 heteroatoms. The Bertz CT molecular complexity index is 432. The van der Waals surface area contributed by atoms with Crippen molar-refractivity contribution in [2.24, 2.45) is 0 Å². The molecule has 0 aliphatic rings. The number of carbonyl (C=O) groups excluding carboxylic acids is 1. The molecule has 0 aromatic carbocycles. The number of nitrogens with zero attached hydrogens (tertiary/aromatic N) is 1. The number of carbonyl (C=O) groups is 3. The van der Waals surface area contributed by atoms with Crippen molar-refractivity contribution in [2.45, 2.75) is 39.0 Å². The van der Waals surface area contributed by atoms with Crippen LogP contribution in [0, 0.1) is 0 Å². The summed E-state index contributed by atoms with van der Waals surface area (Å²) in [7, 11) is 0. The number of rotatable bonds is 15. The molecule has 0 radical (unpaired) electrons. The summed E-state index contributed by atoms with van der Waals surface area (Å²) in [6.07, 6.45) is 5.71. The smallest absolute Gasteiger partial charge is 0.309 e. The van der Waals surface area contributed by atoms with Crippen molar-refractivity contribution in [2.75, 3.05) is 39.3 Å². The predicted molar refractivity (Wildman–Crippen MR) is 93.0 cm³/mol. The number of aliphatic carboxylic acids is 2. The molecule has 8 nitrogen and oxygen atoms in total.